The highest BCUT2D eigenvalue weighted by Gasteiger charge is 2.03. The van der Waals surface area contributed by atoms with Crippen molar-refractivity contribution >= 4 is 11.1 Å². The van der Waals surface area contributed by atoms with Gasteiger partial charge in [0.1, 0.15) is 5.52 Å². The van der Waals surface area contributed by atoms with Crippen LogP contribution in [-0.2, 0) is 0 Å². The third-order valence-electron chi connectivity index (χ3n) is 2.18. The van der Waals surface area contributed by atoms with Gasteiger partial charge in [-0.25, -0.2) is 0 Å². The quantitative estimate of drug-likeness (QED) is 0.632. The molecule has 3 aromatic rings. The van der Waals surface area contributed by atoms with Gasteiger partial charge in [-0.05, 0) is 29.3 Å². The Morgan fingerprint density at radius 2 is 2.14 bits per heavy atom. The van der Waals surface area contributed by atoms with Crippen molar-refractivity contribution in [2.45, 2.75) is 0 Å². The molecule has 4 heteroatoms. The van der Waals surface area contributed by atoms with Gasteiger partial charge in [0.15, 0.2) is 5.58 Å². The van der Waals surface area contributed by atoms with Gasteiger partial charge in [-0.2, -0.15) is 0 Å². The zero-order valence-corrected chi connectivity index (χ0v) is 7.27. The van der Waals surface area contributed by atoms with Crippen LogP contribution in [0.2, 0.25) is 0 Å². The molecule has 3 rings (SSSR count). The summed E-state index contributed by atoms with van der Waals surface area (Å²) >= 11 is 0. The molecule has 1 aromatic carbocycles. The van der Waals surface area contributed by atoms with Crippen molar-refractivity contribution < 1.29 is 4.52 Å². The summed E-state index contributed by atoms with van der Waals surface area (Å²) in [6.45, 7) is 0. The molecule has 0 bridgehead atoms. The maximum atomic E-state index is 4.99. The lowest BCUT2D eigenvalue weighted by atomic mass is 10.1. The van der Waals surface area contributed by atoms with Crippen molar-refractivity contribution in [2.24, 2.45) is 0 Å². The van der Waals surface area contributed by atoms with Crippen LogP contribution in [0.4, 0.5) is 0 Å². The summed E-state index contributed by atoms with van der Waals surface area (Å²) in [7, 11) is 0. The van der Waals surface area contributed by atoms with E-state index in [-0.39, 0.29) is 0 Å². The minimum atomic E-state index is 0.712. The van der Waals surface area contributed by atoms with Gasteiger partial charge in [-0.3, -0.25) is 0 Å². The Morgan fingerprint density at radius 3 is 3.00 bits per heavy atom. The number of hydrogen-bond acceptors (Lipinski definition) is 3. The van der Waals surface area contributed by atoms with E-state index in [1.54, 1.807) is 0 Å². The highest BCUT2D eigenvalue weighted by molar-refractivity contribution is 5.79. The van der Waals surface area contributed by atoms with Crippen LogP contribution in [0.5, 0.6) is 0 Å². The highest BCUT2D eigenvalue weighted by atomic mass is 16.5. The van der Waals surface area contributed by atoms with Gasteiger partial charge in [0.2, 0.25) is 0 Å². The third-order valence-corrected chi connectivity index (χ3v) is 2.18. The molecular weight excluding hydrogens is 178 g/mol. The topological polar surface area (TPSA) is 54.7 Å². The van der Waals surface area contributed by atoms with Crippen LogP contribution in [0, 0.1) is 0 Å². The van der Waals surface area contributed by atoms with Gasteiger partial charge in [-0.15, -0.1) is 5.10 Å². The maximum absolute atomic E-state index is 4.99. The molecule has 0 amide bonds. The Kier molecular flexibility index (Phi) is 1.41. The van der Waals surface area contributed by atoms with Crippen LogP contribution >= 0.6 is 0 Å². The summed E-state index contributed by atoms with van der Waals surface area (Å²) in [5.41, 5.74) is 3.72. The van der Waals surface area contributed by atoms with Gasteiger partial charge in [0.25, 0.3) is 0 Å². The molecule has 0 spiro atoms. The summed E-state index contributed by atoms with van der Waals surface area (Å²) in [5, 5.41) is 7.31. The second kappa shape index (κ2) is 2.70. The second-order valence-corrected chi connectivity index (χ2v) is 3.06. The van der Waals surface area contributed by atoms with E-state index >= 15 is 0 Å². The zero-order valence-electron chi connectivity index (χ0n) is 7.27. The fourth-order valence-corrected chi connectivity index (χ4v) is 1.46. The standard InChI is InChI=1S/C10H7N3O/c1-2-9-10(14-13-12-9)5-7(1)8-3-4-11-6-8/h1-6,11H. The van der Waals surface area contributed by atoms with E-state index in [4.69, 9.17) is 4.52 Å². The first kappa shape index (κ1) is 7.32. The number of fused-ring (bicyclic) bond motifs is 1. The number of aromatic nitrogens is 3. The molecule has 0 aliphatic heterocycles. The largest absolute Gasteiger partial charge is 0.367 e. The van der Waals surface area contributed by atoms with E-state index in [9.17, 15) is 0 Å². The van der Waals surface area contributed by atoms with Crippen LogP contribution in [-0.4, -0.2) is 15.4 Å². The molecule has 0 unspecified atom stereocenters. The smallest absolute Gasteiger partial charge is 0.188 e. The van der Waals surface area contributed by atoms with Gasteiger partial charge >= 0.3 is 0 Å². The fourth-order valence-electron chi connectivity index (χ4n) is 1.46. The van der Waals surface area contributed by atoms with Gasteiger partial charge in [-0.1, -0.05) is 6.07 Å². The molecule has 14 heavy (non-hydrogen) atoms. The van der Waals surface area contributed by atoms with E-state index in [0.29, 0.717) is 5.58 Å². The summed E-state index contributed by atoms with van der Waals surface area (Å²) in [5.74, 6) is 0. The number of aromatic amines is 1. The number of H-pyrrole nitrogens is 1. The molecule has 0 atom stereocenters. The van der Waals surface area contributed by atoms with Crippen molar-refractivity contribution in [3.63, 3.8) is 0 Å². The normalized spacial score (nSPS) is 10.9. The van der Waals surface area contributed by atoms with Crippen molar-refractivity contribution in [3.05, 3.63) is 36.7 Å². The predicted octanol–water partition coefficient (Wildman–Crippen LogP) is 2.22. The number of nitrogens with zero attached hydrogens (tertiary/aromatic N) is 2. The molecule has 1 N–H and O–H groups in total. The minimum Gasteiger partial charge on any atom is -0.367 e. The lowest BCUT2D eigenvalue weighted by molar-refractivity contribution is 0.424. The number of hydrogen-bond donors (Lipinski definition) is 1. The average Bonchev–Trinajstić information content (AvgIpc) is 2.88. The lowest BCUT2D eigenvalue weighted by Gasteiger charge is -1.94. The molecule has 0 fully saturated rings. The molecule has 68 valence electrons. The van der Waals surface area contributed by atoms with Crippen LogP contribution in [0.1, 0.15) is 0 Å². The van der Waals surface area contributed by atoms with E-state index < -0.39 is 0 Å². The van der Waals surface area contributed by atoms with E-state index in [0.717, 1.165) is 16.6 Å². The summed E-state index contributed by atoms with van der Waals surface area (Å²) in [4.78, 5) is 3.01. The van der Waals surface area contributed by atoms with Crippen LogP contribution in [0.25, 0.3) is 22.2 Å². The molecule has 0 saturated carbocycles. The predicted molar refractivity (Wildman–Crippen MR) is 51.6 cm³/mol. The molecule has 2 aromatic heterocycles. The third kappa shape index (κ3) is 1.01. The molecule has 2 heterocycles. The fraction of sp³-hybridized carbons (Fsp3) is 0. The first-order valence-corrected chi connectivity index (χ1v) is 4.29. The van der Waals surface area contributed by atoms with Crippen molar-refractivity contribution in [2.75, 3.05) is 0 Å². The second-order valence-electron chi connectivity index (χ2n) is 3.06. The summed E-state index contributed by atoms with van der Waals surface area (Å²) in [6.07, 6.45) is 3.82. The van der Waals surface area contributed by atoms with Crippen molar-refractivity contribution in [1.29, 1.82) is 0 Å². The Hall–Kier alpha value is -2.10. The summed E-state index contributed by atoms with van der Waals surface area (Å²) in [6, 6.07) is 7.83. The molecule has 0 aliphatic carbocycles. The molecule has 4 nitrogen and oxygen atoms in total. The monoisotopic (exact) mass is 185 g/mol. The summed E-state index contributed by atoms with van der Waals surface area (Å²) < 4.78 is 4.99. The van der Waals surface area contributed by atoms with Crippen LogP contribution < -0.4 is 0 Å². The molecule has 0 radical (unpaired) electrons. The Balaban J connectivity index is 2.23. The minimum absolute atomic E-state index is 0.712. The van der Waals surface area contributed by atoms with Gasteiger partial charge in [0.05, 0.1) is 0 Å². The van der Waals surface area contributed by atoms with Crippen LogP contribution in [0.15, 0.2) is 41.2 Å². The van der Waals surface area contributed by atoms with Crippen LogP contribution in [0.3, 0.4) is 0 Å². The van der Waals surface area contributed by atoms with Gasteiger partial charge < -0.3 is 9.51 Å². The SMILES string of the molecule is c1cc(-c2ccc3nnoc3c2)c[nH]1. The first-order valence-electron chi connectivity index (χ1n) is 4.29. The molecule has 0 aliphatic rings. The van der Waals surface area contributed by atoms with E-state index in [2.05, 4.69) is 15.4 Å². The van der Waals surface area contributed by atoms with Gasteiger partial charge in [0, 0.05) is 17.7 Å². The molecule has 0 saturated heterocycles. The lowest BCUT2D eigenvalue weighted by Crippen LogP contribution is -1.73. The maximum Gasteiger partial charge on any atom is 0.188 e. The van der Waals surface area contributed by atoms with E-state index in [1.165, 1.54) is 0 Å². The Morgan fingerprint density at radius 1 is 1.14 bits per heavy atom. The number of rotatable bonds is 1. The highest BCUT2D eigenvalue weighted by Crippen LogP contribution is 2.22. The molecular formula is C10H7N3O. The van der Waals surface area contributed by atoms with Crippen molar-refractivity contribution in [3.8, 4) is 11.1 Å². The Labute approximate surface area is 79.5 Å². The number of nitrogens with one attached hydrogen (secondary N) is 1. The Bertz CT molecular complexity index is 554. The number of benzene rings is 1. The first-order chi connectivity index (χ1) is 6.93. The average molecular weight is 185 g/mol. The van der Waals surface area contributed by atoms with E-state index in [1.807, 2.05) is 36.7 Å². The zero-order chi connectivity index (χ0) is 9.38. The van der Waals surface area contributed by atoms with Crippen molar-refractivity contribution in [1.82, 2.24) is 15.4 Å².